The lowest BCUT2D eigenvalue weighted by molar-refractivity contribution is -0.160. The second kappa shape index (κ2) is 16.9. The molecule has 0 bridgehead atoms. The Kier molecular flexibility index (Phi) is 11.4. The number of ether oxygens (including phenoxy) is 2. The van der Waals surface area contributed by atoms with E-state index in [2.05, 4.69) is 53.8 Å². The van der Waals surface area contributed by atoms with E-state index < -0.39 is 23.7 Å². The third-order valence-corrected chi connectivity index (χ3v) is 12.6. The number of amides is 1. The van der Waals surface area contributed by atoms with Gasteiger partial charge in [-0.05, 0) is 65.5 Å². The lowest BCUT2D eigenvalue weighted by atomic mass is 9.78. The highest BCUT2D eigenvalue weighted by atomic mass is 35.5. The maximum Gasteiger partial charge on any atom is 0.407 e. The van der Waals surface area contributed by atoms with Gasteiger partial charge in [0.2, 0.25) is 0 Å². The Hall–Kier alpha value is -4.87. The second-order valence-electron chi connectivity index (χ2n) is 15.6. The summed E-state index contributed by atoms with van der Waals surface area (Å²) in [6.45, 7) is 0.210. The van der Waals surface area contributed by atoms with Crippen molar-refractivity contribution >= 4 is 23.7 Å². The number of carbonyl (C=O) groups is 2. The highest BCUT2D eigenvalue weighted by Crippen LogP contribution is 2.46. The SMILES string of the molecule is O=C(N[C@@H]1CCCC[C@H]1C(=O)OC(c1ccccc1)(c1ccc(C2CCCCCCC2)cc1)c1ccccc1Cl)OCC1c2ccccc2-c2ccccc21. The number of rotatable bonds is 9. The van der Waals surface area contributed by atoms with Gasteiger partial charge < -0.3 is 14.8 Å². The number of esters is 1. The van der Waals surface area contributed by atoms with E-state index >= 15 is 0 Å². The molecule has 2 saturated carbocycles. The average molecular weight is 752 g/mol. The topological polar surface area (TPSA) is 64.6 Å². The van der Waals surface area contributed by atoms with E-state index in [1.165, 1.54) is 61.6 Å². The van der Waals surface area contributed by atoms with Gasteiger partial charge in [-0.15, -0.1) is 0 Å². The molecule has 3 aliphatic rings. The molecule has 1 unspecified atom stereocenters. The summed E-state index contributed by atoms with van der Waals surface area (Å²) >= 11 is 7.05. The second-order valence-corrected chi connectivity index (χ2v) is 16.0. The molecular weight excluding hydrogens is 702 g/mol. The number of alkyl carbamates (subject to hydrolysis) is 1. The number of hydrogen-bond acceptors (Lipinski definition) is 4. The highest BCUT2D eigenvalue weighted by Gasteiger charge is 2.45. The smallest absolute Gasteiger partial charge is 0.407 e. The van der Waals surface area contributed by atoms with Gasteiger partial charge >= 0.3 is 12.1 Å². The van der Waals surface area contributed by atoms with Crippen LogP contribution in [0, 0.1) is 5.92 Å². The first-order chi connectivity index (χ1) is 27.0. The molecule has 3 aliphatic carbocycles. The molecule has 2 fully saturated rings. The van der Waals surface area contributed by atoms with Crippen molar-refractivity contribution in [3.05, 3.63) is 166 Å². The normalized spacial score (nSPS) is 19.9. The molecule has 0 heterocycles. The van der Waals surface area contributed by atoms with Crippen molar-refractivity contribution in [2.45, 2.75) is 94.1 Å². The van der Waals surface area contributed by atoms with Crippen LogP contribution in [0.5, 0.6) is 0 Å². The number of carbonyl (C=O) groups excluding carboxylic acids is 2. The van der Waals surface area contributed by atoms with Gasteiger partial charge in [0.1, 0.15) is 6.61 Å². The van der Waals surface area contributed by atoms with E-state index in [0.29, 0.717) is 29.3 Å². The molecule has 6 heteroatoms. The monoisotopic (exact) mass is 751 g/mol. The summed E-state index contributed by atoms with van der Waals surface area (Å²) in [7, 11) is 0. The van der Waals surface area contributed by atoms with Gasteiger partial charge in [-0.25, -0.2) is 4.79 Å². The fourth-order valence-corrected chi connectivity index (χ4v) is 9.72. The average Bonchev–Trinajstić information content (AvgIpc) is 3.53. The molecule has 0 aromatic heterocycles. The van der Waals surface area contributed by atoms with E-state index in [-0.39, 0.29) is 18.5 Å². The molecule has 1 N–H and O–H groups in total. The Morgan fingerprint density at radius 2 is 1.18 bits per heavy atom. The first-order valence-electron chi connectivity index (χ1n) is 20.3. The number of hydrogen-bond donors (Lipinski definition) is 1. The van der Waals surface area contributed by atoms with Crippen LogP contribution in [-0.2, 0) is 19.9 Å². The highest BCUT2D eigenvalue weighted by molar-refractivity contribution is 6.31. The van der Waals surface area contributed by atoms with Gasteiger partial charge in [0.15, 0.2) is 5.60 Å². The fourth-order valence-electron chi connectivity index (χ4n) is 9.45. The third kappa shape index (κ3) is 7.69. The summed E-state index contributed by atoms with van der Waals surface area (Å²) in [4.78, 5) is 28.4. The number of nitrogens with one attached hydrogen (secondary N) is 1. The van der Waals surface area contributed by atoms with Gasteiger partial charge in [0.05, 0.1) is 5.92 Å². The van der Waals surface area contributed by atoms with Crippen molar-refractivity contribution in [3.8, 4) is 11.1 Å². The van der Waals surface area contributed by atoms with E-state index in [9.17, 15) is 9.59 Å². The molecule has 0 saturated heterocycles. The zero-order valence-corrected chi connectivity index (χ0v) is 32.2. The molecule has 3 atom stereocenters. The van der Waals surface area contributed by atoms with Gasteiger partial charge in [-0.3, -0.25) is 4.79 Å². The van der Waals surface area contributed by atoms with Crippen LogP contribution in [-0.4, -0.2) is 24.7 Å². The Bertz CT molecular complexity index is 2040. The molecular formula is C49H50ClNO4. The molecule has 0 radical (unpaired) electrons. The van der Waals surface area contributed by atoms with E-state index in [0.717, 1.165) is 35.1 Å². The number of halogens is 1. The zero-order valence-electron chi connectivity index (χ0n) is 31.4. The van der Waals surface area contributed by atoms with Gasteiger partial charge in [-0.2, -0.15) is 0 Å². The van der Waals surface area contributed by atoms with Gasteiger partial charge in [-0.1, -0.05) is 178 Å². The first kappa shape index (κ1) is 37.1. The molecule has 5 nitrogen and oxygen atoms in total. The van der Waals surface area contributed by atoms with Crippen LogP contribution in [0.1, 0.15) is 116 Å². The summed E-state index contributed by atoms with van der Waals surface area (Å²) in [5, 5.41) is 3.62. The minimum Gasteiger partial charge on any atom is -0.449 e. The largest absolute Gasteiger partial charge is 0.449 e. The molecule has 0 aliphatic heterocycles. The quantitative estimate of drug-likeness (QED) is 0.120. The Labute approximate surface area is 330 Å². The summed E-state index contributed by atoms with van der Waals surface area (Å²) in [6, 6.07) is 42.5. The maximum absolute atomic E-state index is 14.8. The van der Waals surface area contributed by atoms with E-state index in [4.69, 9.17) is 21.1 Å². The lowest BCUT2D eigenvalue weighted by Crippen LogP contribution is -2.48. The molecule has 1 amide bonds. The minimum atomic E-state index is -1.32. The Morgan fingerprint density at radius 1 is 0.618 bits per heavy atom. The maximum atomic E-state index is 14.8. The Morgan fingerprint density at radius 3 is 1.87 bits per heavy atom. The Balaban J connectivity index is 1.07. The molecule has 5 aromatic rings. The van der Waals surface area contributed by atoms with E-state index in [1.54, 1.807) is 0 Å². The van der Waals surface area contributed by atoms with Crippen molar-refractivity contribution < 1.29 is 19.1 Å². The van der Waals surface area contributed by atoms with Crippen molar-refractivity contribution in [2.75, 3.05) is 6.61 Å². The van der Waals surface area contributed by atoms with Crippen molar-refractivity contribution in [2.24, 2.45) is 5.92 Å². The summed E-state index contributed by atoms with van der Waals surface area (Å²) < 4.78 is 12.9. The molecule has 0 spiro atoms. The lowest BCUT2D eigenvalue weighted by Gasteiger charge is -2.39. The van der Waals surface area contributed by atoms with Crippen molar-refractivity contribution in [1.82, 2.24) is 5.32 Å². The molecule has 8 rings (SSSR count). The standard InChI is InChI=1S/C49H50ClNO4/c50-45-27-15-14-26-44(45)49(36-19-7-4-8-20-36,37-31-29-35(30-32-37)34-17-5-2-1-3-6-18-34)55-47(52)42-25-13-16-28-46(42)51-48(53)54-33-43-40-23-11-9-21-38(40)39-22-10-12-24-41(39)43/h4,7-12,14-15,19-24,26-27,29-32,34,42-43,46H,1-3,5-6,13,16-18,25,28,33H2,(H,51,53)/t42-,46-,49?/m1/s1. The molecule has 55 heavy (non-hydrogen) atoms. The van der Waals surface area contributed by atoms with Crippen LogP contribution in [0.25, 0.3) is 11.1 Å². The predicted molar refractivity (Wildman–Crippen MR) is 219 cm³/mol. The van der Waals surface area contributed by atoms with Crippen LogP contribution < -0.4 is 5.32 Å². The summed E-state index contributed by atoms with van der Waals surface area (Å²) in [5.41, 5.74) is 7.04. The van der Waals surface area contributed by atoms with Gasteiger partial charge in [0, 0.05) is 33.7 Å². The summed E-state index contributed by atoms with van der Waals surface area (Å²) in [5.74, 6) is -0.452. The number of benzene rings is 5. The third-order valence-electron chi connectivity index (χ3n) is 12.3. The number of fused-ring (bicyclic) bond motifs is 3. The first-order valence-corrected chi connectivity index (χ1v) is 20.7. The van der Waals surface area contributed by atoms with Crippen LogP contribution in [0.3, 0.4) is 0 Å². The van der Waals surface area contributed by atoms with Crippen LogP contribution >= 0.6 is 11.6 Å². The van der Waals surface area contributed by atoms with Crippen molar-refractivity contribution in [3.63, 3.8) is 0 Å². The van der Waals surface area contributed by atoms with Crippen LogP contribution in [0.15, 0.2) is 127 Å². The van der Waals surface area contributed by atoms with E-state index in [1.807, 2.05) is 78.9 Å². The molecule has 5 aromatic carbocycles. The van der Waals surface area contributed by atoms with Crippen LogP contribution in [0.2, 0.25) is 5.02 Å². The zero-order chi connectivity index (χ0) is 37.6. The fraction of sp³-hybridized carbons (Fsp3) is 0.347. The molecule has 282 valence electrons. The minimum absolute atomic E-state index is 0.0502. The summed E-state index contributed by atoms with van der Waals surface area (Å²) in [6.07, 6.45) is 11.3. The van der Waals surface area contributed by atoms with Gasteiger partial charge in [0.25, 0.3) is 0 Å². The van der Waals surface area contributed by atoms with Crippen molar-refractivity contribution in [1.29, 1.82) is 0 Å². The predicted octanol–water partition coefficient (Wildman–Crippen LogP) is 12.1. The van der Waals surface area contributed by atoms with Crippen LogP contribution in [0.4, 0.5) is 4.79 Å².